The Hall–Kier alpha value is -0.680. The van der Waals surface area contributed by atoms with Crippen LogP contribution in [0.15, 0.2) is 12.1 Å². The maximum Gasteiger partial charge on any atom is 0.126 e. The van der Waals surface area contributed by atoms with E-state index < -0.39 is 0 Å². The van der Waals surface area contributed by atoms with Crippen LogP contribution in [0.2, 0.25) is 5.02 Å². The van der Waals surface area contributed by atoms with Gasteiger partial charge in [-0.25, -0.2) is 9.82 Å². The van der Waals surface area contributed by atoms with Gasteiger partial charge < -0.3 is 5.32 Å². The predicted molar refractivity (Wildman–Crippen MR) is 69.4 cm³/mol. The topological polar surface area (TPSA) is 50.1 Å². The highest BCUT2D eigenvalue weighted by Crippen LogP contribution is 2.31. The number of hydrazine groups is 1. The van der Waals surface area contributed by atoms with Crippen LogP contribution in [0.4, 0.5) is 4.39 Å². The Balaban J connectivity index is 2.93. The molecule has 0 saturated heterocycles. The van der Waals surface area contributed by atoms with Gasteiger partial charge in [0, 0.05) is 17.0 Å². The third kappa shape index (κ3) is 3.64. The summed E-state index contributed by atoms with van der Waals surface area (Å²) in [6, 6.07) is 3.17. The van der Waals surface area contributed by atoms with Gasteiger partial charge in [0.25, 0.3) is 0 Å². The highest BCUT2D eigenvalue weighted by atomic mass is 35.5. The van der Waals surface area contributed by atoms with Crippen LogP contribution in [-0.4, -0.2) is 13.2 Å². The fourth-order valence-electron chi connectivity index (χ4n) is 1.71. The fraction of sp³-hybridized carbons (Fsp3) is 0.500. The van der Waals surface area contributed by atoms with Crippen molar-refractivity contribution >= 4 is 11.6 Å². The van der Waals surface area contributed by atoms with Gasteiger partial charge in [-0.1, -0.05) is 25.4 Å². The third-order valence-corrected chi connectivity index (χ3v) is 3.08. The molecule has 0 fully saturated rings. The fourth-order valence-corrected chi connectivity index (χ4v) is 2.18. The first-order valence-corrected chi connectivity index (χ1v) is 5.86. The molecular formula is C12H19ClFN3. The van der Waals surface area contributed by atoms with Crippen LogP contribution in [-0.2, 0) is 5.41 Å². The van der Waals surface area contributed by atoms with Crippen molar-refractivity contribution in [1.29, 1.82) is 0 Å². The van der Waals surface area contributed by atoms with Crippen LogP contribution in [0.3, 0.4) is 0 Å². The molecule has 0 bridgehead atoms. The minimum atomic E-state index is -0.261. The molecule has 17 heavy (non-hydrogen) atoms. The predicted octanol–water partition coefficient (Wildman–Crippen LogP) is 2.08. The molecule has 0 unspecified atom stereocenters. The Labute approximate surface area is 106 Å². The van der Waals surface area contributed by atoms with Gasteiger partial charge in [-0.15, -0.1) is 0 Å². The van der Waals surface area contributed by atoms with Crippen molar-refractivity contribution in [2.75, 3.05) is 13.2 Å². The summed E-state index contributed by atoms with van der Waals surface area (Å²) in [5.74, 6) is 4.94. The first kappa shape index (κ1) is 14.4. The van der Waals surface area contributed by atoms with E-state index in [9.17, 15) is 4.39 Å². The van der Waals surface area contributed by atoms with E-state index in [0.29, 0.717) is 23.8 Å². The second kappa shape index (κ2) is 5.78. The zero-order valence-corrected chi connectivity index (χ0v) is 11.2. The van der Waals surface area contributed by atoms with Gasteiger partial charge in [-0.05, 0) is 30.2 Å². The molecule has 1 rings (SSSR count). The molecule has 0 atom stereocenters. The normalized spacial score (nSPS) is 11.9. The zero-order valence-electron chi connectivity index (χ0n) is 10.4. The summed E-state index contributed by atoms with van der Waals surface area (Å²) < 4.78 is 13.6. The average Bonchev–Trinajstić information content (AvgIpc) is 2.23. The monoisotopic (exact) mass is 259 g/mol. The summed E-state index contributed by atoms with van der Waals surface area (Å²) in [5, 5.41) is 3.71. The van der Waals surface area contributed by atoms with E-state index in [0.717, 1.165) is 5.56 Å². The molecule has 0 aliphatic heterocycles. The largest absolute Gasteiger partial charge is 0.303 e. The molecule has 0 heterocycles. The summed E-state index contributed by atoms with van der Waals surface area (Å²) in [6.45, 7) is 6.86. The SMILES string of the molecule is Cc1cc(Cl)c(C(C)(C)CNCNN)cc1F. The quantitative estimate of drug-likeness (QED) is 0.328. The van der Waals surface area contributed by atoms with Crippen molar-refractivity contribution in [1.82, 2.24) is 10.7 Å². The van der Waals surface area contributed by atoms with Crippen molar-refractivity contribution in [3.8, 4) is 0 Å². The third-order valence-electron chi connectivity index (χ3n) is 2.77. The van der Waals surface area contributed by atoms with Crippen molar-refractivity contribution < 1.29 is 4.39 Å². The van der Waals surface area contributed by atoms with E-state index >= 15 is 0 Å². The Morgan fingerprint density at radius 2 is 2.06 bits per heavy atom. The zero-order chi connectivity index (χ0) is 13.1. The number of hydrogen-bond acceptors (Lipinski definition) is 3. The lowest BCUT2D eigenvalue weighted by molar-refractivity contribution is 0.452. The number of hydrogen-bond donors (Lipinski definition) is 3. The molecule has 96 valence electrons. The minimum Gasteiger partial charge on any atom is -0.303 e. The van der Waals surface area contributed by atoms with E-state index in [1.54, 1.807) is 13.0 Å². The summed E-state index contributed by atoms with van der Waals surface area (Å²) in [5.41, 5.74) is 3.61. The van der Waals surface area contributed by atoms with Crippen LogP contribution >= 0.6 is 11.6 Å². The number of aryl methyl sites for hydroxylation is 1. The average molecular weight is 260 g/mol. The second-order valence-corrected chi connectivity index (χ2v) is 5.18. The van der Waals surface area contributed by atoms with Gasteiger partial charge >= 0.3 is 0 Å². The Kier molecular flexibility index (Phi) is 4.89. The van der Waals surface area contributed by atoms with Crippen LogP contribution in [0.5, 0.6) is 0 Å². The lowest BCUT2D eigenvalue weighted by Crippen LogP contribution is -2.40. The van der Waals surface area contributed by atoms with E-state index in [2.05, 4.69) is 10.7 Å². The Morgan fingerprint density at radius 1 is 1.41 bits per heavy atom. The van der Waals surface area contributed by atoms with Gasteiger partial charge in [-0.2, -0.15) is 0 Å². The molecular weight excluding hydrogens is 241 g/mol. The van der Waals surface area contributed by atoms with E-state index in [1.807, 2.05) is 13.8 Å². The number of halogens is 2. The van der Waals surface area contributed by atoms with Crippen LogP contribution in [0.1, 0.15) is 25.0 Å². The molecule has 0 aromatic heterocycles. The number of nitrogens with one attached hydrogen (secondary N) is 2. The second-order valence-electron chi connectivity index (χ2n) is 4.77. The van der Waals surface area contributed by atoms with E-state index in [4.69, 9.17) is 17.4 Å². The molecule has 0 radical (unpaired) electrons. The molecule has 0 spiro atoms. The lowest BCUT2D eigenvalue weighted by atomic mass is 9.84. The van der Waals surface area contributed by atoms with Crippen molar-refractivity contribution in [2.45, 2.75) is 26.2 Å². The molecule has 1 aromatic carbocycles. The molecule has 5 heteroatoms. The standard InChI is InChI=1S/C12H19ClFN3/c1-8-4-10(13)9(5-11(8)14)12(2,3)6-16-7-17-15/h4-5,16-17H,6-7,15H2,1-3H3. The van der Waals surface area contributed by atoms with Crippen molar-refractivity contribution in [3.63, 3.8) is 0 Å². The summed E-state index contributed by atoms with van der Waals surface area (Å²) in [6.07, 6.45) is 0. The highest BCUT2D eigenvalue weighted by Gasteiger charge is 2.24. The molecule has 4 N–H and O–H groups in total. The van der Waals surface area contributed by atoms with E-state index in [1.165, 1.54) is 6.07 Å². The van der Waals surface area contributed by atoms with Crippen LogP contribution in [0, 0.1) is 12.7 Å². The molecule has 1 aromatic rings. The van der Waals surface area contributed by atoms with Crippen molar-refractivity contribution in [3.05, 3.63) is 34.1 Å². The molecule has 3 nitrogen and oxygen atoms in total. The van der Waals surface area contributed by atoms with Gasteiger partial charge in [0.05, 0.1) is 6.67 Å². The maximum atomic E-state index is 13.6. The summed E-state index contributed by atoms with van der Waals surface area (Å²) >= 11 is 6.16. The Bertz CT molecular complexity index is 394. The van der Waals surface area contributed by atoms with Crippen molar-refractivity contribution in [2.24, 2.45) is 5.84 Å². The maximum absolute atomic E-state index is 13.6. The molecule has 0 aliphatic rings. The van der Waals surface area contributed by atoms with Gasteiger partial charge in [-0.3, -0.25) is 5.84 Å². The summed E-state index contributed by atoms with van der Waals surface area (Å²) in [4.78, 5) is 0. The first-order chi connectivity index (χ1) is 7.88. The highest BCUT2D eigenvalue weighted by molar-refractivity contribution is 6.31. The van der Waals surface area contributed by atoms with E-state index in [-0.39, 0.29) is 11.2 Å². The minimum absolute atomic E-state index is 0.227. The number of benzene rings is 1. The van der Waals surface area contributed by atoms with Crippen LogP contribution < -0.4 is 16.6 Å². The van der Waals surface area contributed by atoms with Gasteiger partial charge in [0.2, 0.25) is 0 Å². The number of rotatable bonds is 5. The van der Waals surface area contributed by atoms with Gasteiger partial charge in [0.1, 0.15) is 5.82 Å². The molecule has 0 amide bonds. The van der Waals surface area contributed by atoms with Crippen LogP contribution in [0.25, 0.3) is 0 Å². The van der Waals surface area contributed by atoms with Gasteiger partial charge in [0.15, 0.2) is 0 Å². The number of nitrogens with two attached hydrogens (primary N) is 1. The summed E-state index contributed by atoms with van der Waals surface area (Å²) in [7, 11) is 0. The molecule has 0 saturated carbocycles. The first-order valence-electron chi connectivity index (χ1n) is 5.49. The smallest absolute Gasteiger partial charge is 0.126 e. The Morgan fingerprint density at radius 3 is 2.65 bits per heavy atom. The molecule has 0 aliphatic carbocycles. The lowest BCUT2D eigenvalue weighted by Gasteiger charge is -2.27.